The number of nitrogens with zero attached hydrogens (tertiary/aromatic N) is 1. The zero-order valence-corrected chi connectivity index (χ0v) is 34.8. The van der Waals surface area contributed by atoms with Crippen LogP contribution in [0, 0.1) is 0 Å². The maximum Gasteiger partial charge on any atom is 0.0733 e. The van der Waals surface area contributed by atoms with E-state index in [1.807, 2.05) is 0 Å². The van der Waals surface area contributed by atoms with Crippen molar-refractivity contribution in [3.05, 3.63) is 305 Å². The third kappa shape index (κ3) is 5.50. The highest BCUT2D eigenvalue weighted by molar-refractivity contribution is 5.91. The highest BCUT2D eigenvalue weighted by Crippen LogP contribution is 2.60. The third-order valence-electron chi connectivity index (χ3n) is 13.6. The van der Waals surface area contributed by atoms with Crippen molar-refractivity contribution in [2.45, 2.75) is 10.8 Å². The number of hydrogen-bond donors (Lipinski definition) is 0. The fourth-order valence-electron chi connectivity index (χ4n) is 11.1. The van der Waals surface area contributed by atoms with E-state index in [0.717, 1.165) is 17.1 Å². The van der Waals surface area contributed by atoms with Gasteiger partial charge in [0.25, 0.3) is 0 Å². The first-order valence-electron chi connectivity index (χ1n) is 21.9. The van der Waals surface area contributed by atoms with Gasteiger partial charge in [-0.15, -0.1) is 0 Å². The van der Waals surface area contributed by atoms with E-state index in [1.54, 1.807) is 0 Å². The molecular weight excluding hydrogens is 759 g/mol. The van der Waals surface area contributed by atoms with Gasteiger partial charge in [0.2, 0.25) is 0 Å². The summed E-state index contributed by atoms with van der Waals surface area (Å²) < 4.78 is 0. The van der Waals surface area contributed by atoms with Crippen LogP contribution in [-0.2, 0) is 10.8 Å². The summed E-state index contributed by atoms with van der Waals surface area (Å²) in [5.41, 5.74) is 19.8. The Morgan fingerprint density at radius 2 is 0.619 bits per heavy atom. The van der Waals surface area contributed by atoms with Crippen LogP contribution in [0.3, 0.4) is 0 Å². The van der Waals surface area contributed by atoms with Crippen LogP contribution in [0.5, 0.6) is 0 Å². The van der Waals surface area contributed by atoms with E-state index in [2.05, 4.69) is 266 Å². The molecule has 0 radical (unpaired) electrons. The van der Waals surface area contributed by atoms with Gasteiger partial charge in [-0.2, -0.15) is 0 Å². The molecule has 0 aliphatic heterocycles. The Morgan fingerprint density at radius 3 is 1.14 bits per heavy atom. The monoisotopic (exact) mass is 801 g/mol. The van der Waals surface area contributed by atoms with Crippen molar-refractivity contribution in [2.75, 3.05) is 4.90 Å². The lowest BCUT2D eigenvalue weighted by molar-refractivity contribution is 0.765. The van der Waals surface area contributed by atoms with Crippen molar-refractivity contribution in [1.29, 1.82) is 0 Å². The first-order chi connectivity index (χ1) is 31.3. The fraction of sp³-hybridized carbons (Fsp3) is 0.0323. The van der Waals surface area contributed by atoms with Crippen LogP contribution < -0.4 is 4.90 Å². The molecule has 1 heteroatoms. The van der Waals surface area contributed by atoms with Crippen LogP contribution in [0.15, 0.2) is 261 Å². The average Bonchev–Trinajstić information content (AvgIpc) is 3.84. The smallest absolute Gasteiger partial charge is 0.0733 e. The molecule has 0 aromatic heterocycles. The molecule has 2 aliphatic carbocycles. The predicted octanol–water partition coefficient (Wildman–Crippen LogP) is 15.5. The second-order valence-electron chi connectivity index (χ2n) is 16.7. The van der Waals surface area contributed by atoms with Crippen LogP contribution in [0.4, 0.5) is 17.1 Å². The predicted molar refractivity (Wildman–Crippen MR) is 261 cm³/mol. The first-order valence-corrected chi connectivity index (χ1v) is 21.9. The van der Waals surface area contributed by atoms with Gasteiger partial charge < -0.3 is 4.90 Å². The number of para-hydroxylation sites is 1. The molecule has 10 aromatic rings. The van der Waals surface area contributed by atoms with Gasteiger partial charge in [-0.3, -0.25) is 0 Å². The van der Waals surface area contributed by atoms with Crippen LogP contribution in [-0.4, -0.2) is 0 Å². The van der Waals surface area contributed by atoms with Gasteiger partial charge >= 0.3 is 0 Å². The van der Waals surface area contributed by atoms with E-state index in [4.69, 9.17) is 0 Å². The second kappa shape index (κ2) is 14.9. The molecule has 0 saturated carbocycles. The normalized spacial score (nSPS) is 13.7. The zero-order valence-electron chi connectivity index (χ0n) is 34.8. The van der Waals surface area contributed by atoms with E-state index >= 15 is 0 Å². The average molecular weight is 802 g/mol. The van der Waals surface area contributed by atoms with Crippen LogP contribution in [0.1, 0.15) is 44.5 Å². The van der Waals surface area contributed by atoms with Gasteiger partial charge in [0.05, 0.1) is 16.5 Å². The summed E-state index contributed by atoms with van der Waals surface area (Å²) in [6, 6.07) is 96.5. The number of fused-ring (bicyclic) bond motifs is 6. The summed E-state index contributed by atoms with van der Waals surface area (Å²) in [6.07, 6.45) is 0. The van der Waals surface area contributed by atoms with Gasteiger partial charge in [0.1, 0.15) is 0 Å². The number of anilines is 3. The minimum absolute atomic E-state index is 0.540. The second-order valence-corrected chi connectivity index (χ2v) is 16.7. The molecule has 10 aromatic carbocycles. The van der Waals surface area contributed by atoms with Crippen molar-refractivity contribution in [3.8, 4) is 33.4 Å². The quantitative estimate of drug-likeness (QED) is 0.148. The Morgan fingerprint density at radius 1 is 0.238 bits per heavy atom. The Bertz CT molecular complexity index is 3180. The molecular formula is C62H43N. The van der Waals surface area contributed by atoms with Gasteiger partial charge in [-0.1, -0.05) is 231 Å². The summed E-state index contributed by atoms with van der Waals surface area (Å²) >= 11 is 0. The van der Waals surface area contributed by atoms with E-state index in [9.17, 15) is 0 Å². The van der Waals surface area contributed by atoms with Crippen LogP contribution >= 0.6 is 0 Å². The topological polar surface area (TPSA) is 3.24 Å². The Labute approximate surface area is 369 Å². The Balaban J connectivity index is 1.15. The SMILES string of the molecule is c1ccc(-c2ccc(N(c3cccc(C4(c5ccccc5)c5ccccc5-c5ccccc54)c3)c3ccccc3C3(c4ccccc4)c4ccccc4-c4ccccc43)cc2)cc1. The standard InChI is InChI=1S/C62H43N/c1-4-21-44(22-5-1)45-39-41-49(42-40-45)63(50-28-20-27-48(43-50)61(46-23-6-2-7-24-46)55-33-14-10-29-51(55)52-30-11-15-34-56(52)61)60-38-19-18-37-59(60)62(47-25-8-3-9-26-47)57-35-16-12-31-53(57)54-32-13-17-36-58(54)62/h1-43H. The van der Waals surface area contributed by atoms with Gasteiger partial charge in [0, 0.05) is 11.4 Å². The third-order valence-corrected chi connectivity index (χ3v) is 13.6. The highest BCUT2D eigenvalue weighted by Gasteiger charge is 2.49. The van der Waals surface area contributed by atoms with Crippen molar-refractivity contribution in [1.82, 2.24) is 0 Å². The van der Waals surface area contributed by atoms with Gasteiger partial charge in [-0.25, -0.2) is 0 Å². The molecule has 0 spiro atoms. The molecule has 0 amide bonds. The molecule has 0 atom stereocenters. The summed E-state index contributed by atoms with van der Waals surface area (Å²) in [5.74, 6) is 0. The molecule has 0 N–H and O–H groups in total. The van der Waals surface area contributed by atoms with E-state index in [-0.39, 0.29) is 0 Å². The van der Waals surface area contributed by atoms with Crippen molar-refractivity contribution in [2.24, 2.45) is 0 Å². The number of hydrogen-bond acceptors (Lipinski definition) is 1. The van der Waals surface area contributed by atoms with Crippen molar-refractivity contribution in [3.63, 3.8) is 0 Å². The number of rotatable bonds is 8. The summed E-state index contributed by atoms with van der Waals surface area (Å²) in [5, 5.41) is 0. The lowest BCUT2D eigenvalue weighted by Gasteiger charge is -2.39. The largest absolute Gasteiger partial charge is 0.310 e. The van der Waals surface area contributed by atoms with Crippen molar-refractivity contribution < 1.29 is 0 Å². The molecule has 0 fully saturated rings. The molecule has 2 aliphatic rings. The Kier molecular flexibility index (Phi) is 8.69. The molecule has 12 rings (SSSR count). The summed E-state index contributed by atoms with van der Waals surface area (Å²) in [7, 11) is 0. The molecule has 63 heavy (non-hydrogen) atoms. The minimum Gasteiger partial charge on any atom is -0.310 e. The van der Waals surface area contributed by atoms with E-state index in [1.165, 1.54) is 77.9 Å². The van der Waals surface area contributed by atoms with Crippen LogP contribution in [0.25, 0.3) is 33.4 Å². The molecule has 0 heterocycles. The van der Waals surface area contributed by atoms with Gasteiger partial charge in [0.15, 0.2) is 0 Å². The molecule has 296 valence electrons. The molecule has 0 bridgehead atoms. The lowest BCUT2D eigenvalue weighted by Crippen LogP contribution is -2.31. The van der Waals surface area contributed by atoms with Crippen molar-refractivity contribution >= 4 is 17.1 Å². The van der Waals surface area contributed by atoms with E-state index in [0.29, 0.717) is 0 Å². The highest BCUT2D eigenvalue weighted by atomic mass is 15.1. The lowest BCUT2D eigenvalue weighted by atomic mass is 9.67. The first kappa shape index (κ1) is 36.8. The Hall–Kier alpha value is -8.00. The summed E-state index contributed by atoms with van der Waals surface area (Å²) in [6.45, 7) is 0. The molecule has 0 saturated heterocycles. The number of benzene rings is 10. The van der Waals surface area contributed by atoms with Gasteiger partial charge in [-0.05, 0) is 108 Å². The maximum absolute atomic E-state index is 2.51. The zero-order chi connectivity index (χ0) is 41.8. The van der Waals surface area contributed by atoms with E-state index < -0.39 is 10.8 Å². The molecule has 1 nitrogen and oxygen atoms in total. The maximum atomic E-state index is 2.51. The minimum atomic E-state index is -0.598. The molecule has 0 unspecified atom stereocenters. The van der Waals surface area contributed by atoms with Crippen LogP contribution in [0.2, 0.25) is 0 Å². The fourth-order valence-corrected chi connectivity index (χ4v) is 11.1. The summed E-state index contributed by atoms with van der Waals surface area (Å²) in [4.78, 5) is 2.51.